The van der Waals surface area contributed by atoms with E-state index in [0.717, 1.165) is 17.4 Å². The summed E-state index contributed by atoms with van der Waals surface area (Å²) in [5, 5.41) is 0.644. The fourth-order valence-electron chi connectivity index (χ4n) is 6.35. The molecule has 2 aromatic carbocycles. The van der Waals surface area contributed by atoms with Gasteiger partial charge in [-0.05, 0) is 69.1 Å². The van der Waals surface area contributed by atoms with Gasteiger partial charge in [-0.15, -0.1) is 0 Å². The first-order chi connectivity index (χ1) is 23.0. The van der Waals surface area contributed by atoms with E-state index in [1.54, 1.807) is 41.0 Å². The van der Waals surface area contributed by atoms with E-state index in [1.807, 2.05) is 38.1 Å². The van der Waals surface area contributed by atoms with Gasteiger partial charge in [-0.2, -0.15) is 4.98 Å². The SMILES string of the molecule is CCOc1nc(S(C)(=O)=O)ncc1C1=N[C@@](C)(c2ccc(Cl)cc2)[C@](C)(c2ccc(Cl)cc2)N1C(=O)N1CCN(CCCS(C)(=O)=O)CC1. The summed E-state index contributed by atoms with van der Waals surface area (Å²) in [5.74, 6) is 0.285. The fourth-order valence-corrected chi connectivity index (χ4v) is 7.75. The van der Waals surface area contributed by atoms with E-state index >= 15 is 4.79 Å². The molecule has 0 aliphatic carbocycles. The first-order valence-electron chi connectivity index (χ1n) is 15.8. The number of carbonyl (C=O) groups excluding carboxylic acids is 1. The molecule has 0 spiro atoms. The lowest BCUT2D eigenvalue weighted by atomic mass is 9.71. The Morgan fingerprint density at radius 3 is 2.00 bits per heavy atom. The molecule has 3 heterocycles. The quantitative estimate of drug-likeness (QED) is 0.271. The molecule has 1 fully saturated rings. The van der Waals surface area contributed by atoms with Crippen LogP contribution in [0.15, 0.2) is 64.9 Å². The van der Waals surface area contributed by atoms with Gasteiger partial charge in [0, 0.05) is 54.9 Å². The molecule has 16 heteroatoms. The van der Waals surface area contributed by atoms with Gasteiger partial charge >= 0.3 is 6.03 Å². The van der Waals surface area contributed by atoms with E-state index in [4.69, 9.17) is 32.9 Å². The summed E-state index contributed by atoms with van der Waals surface area (Å²) in [6.07, 6.45) is 4.08. The Kier molecular flexibility index (Phi) is 10.7. The number of hydrogen-bond donors (Lipinski definition) is 0. The molecule has 49 heavy (non-hydrogen) atoms. The van der Waals surface area contributed by atoms with Crippen molar-refractivity contribution in [3.63, 3.8) is 0 Å². The molecule has 2 amide bonds. The Balaban J connectivity index is 1.66. The van der Waals surface area contributed by atoms with Crippen molar-refractivity contribution in [2.75, 3.05) is 57.6 Å². The number of urea groups is 1. The van der Waals surface area contributed by atoms with E-state index in [0.29, 0.717) is 49.2 Å². The van der Waals surface area contributed by atoms with Gasteiger partial charge in [0.2, 0.25) is 20.9 Å². The molecular weight excluding hydrogens is 711 g/mol. The summed E-state index contributed by atoms with van der Waals surface area (Å²) in [5.41, 5.74) is -0.538. The average Bonchev–Trinajstić information content (AvgIpc) is 3.28. The van der Waals surface area contributed by atoms with E-state index in [-0.39, 0.29) is 35.7 Å². The van der Waals surface area contributed by atoms with Crippen LogP contribution in [0.5, 0.6) is 5.88 Å². The average molecular weight is 752 g/mol. The van der Waals surface area contributed by atoms with Crippen LogP contribution in [-0.4, -0.2) is 111 Å². The number of aromatic nitrogens is 2. The van der Waals surface area contributed by atoms with Gasteiger partial charge in [0.15, 0.2) is 0 Å². The maximum Gasteiger partial charge on any atom is 0.326 e. The van der Waals surface area contributed by atoms with Gasteiger partial charge in [-0.1, -0.05) is 47.5 Å². The summed E-state index contributed by atoms with van der Waals surface area (Å²) in [6.45, 7) is 8.27. The number of sulfone groups is 2. The monoisotopic (exact) mass is 750 g/mol. The van der Waals surface area contributed by atoms with E-state index < -0.39 is 35.9 Å². The molecule has 3 aromatic rings. The minimum atomic E-state index is -3.78. The minimum Gasteiger partial charge on any atom is -0.477 e. The molecule has 1 aromatic heterocycles. The van der Waals surface area contributed by atoms with E-state index in [9.17, 15) is 16.8 Å². The Morgan fingerprint density at radius 2 is 1.47 bits per heavy atom. The molecule has 0 saturated carbocycles. The highest BCUT2D eigenvalue weighted by molar-refractivity contribution is 7.90. The van der Waals surface area contributed by atoms with Crippen molar-refractivity contribution < 1.29 is 26.4 Å². The zero-order chi connectivity index (χ0) is 35.8. The predicted octanol–water partition coefficient (Wildman–Crippen LogP) is 4.65. The minimum absolute atomic E-state index is 0.0241. The third-order valence-electron chi connectivity index (χ3n) is 9.16. The third kappa shape index (κ3) is 7.58. The topological polar surface area (TPSA) is 142 Å². The smallest absolute Gasteiger partial charge is 0.326 e. The summed E-state index contributed by atoms with van der Waals surface area (Å²) in [4.78, 5) is 34.3. The van der Waals surface area contributed by atoms with Crippen LogP contribution in [0.4, 0.5) is 4.79 Å². The third-order valence-corrected chi connectivity index (χ3v) is 11.6. The number of ether oxygens (including phenoxy) is 1. The first kappa shape index (κ1) is 37.0. The largest absolute Gasteiger partial charge is 0.477 e. The molecule has 12 nitrogen and oxygen atoms in total. The number of amidine groups is 1. The van der Waals surface area contributed by atoms with Crippen LogP contribution in [0.1, 0.15) is 43.9 Å². The molecule has 0 radical (unpaired) electrons. The maximum atomic E-state index is 15.0. The van der Waals surface area contributed by atoms with E-state index in [2.05, 4.69) is 14.9 Å². The standard InChI is InChI=1S/C33H40Cl2N6O6S2/c1-6-47-29-27(22-36-30(37-29)49(5,45)46)28-38-32(2,23-8-12-25(34)13-9-23)33(3,24-10-14-26(35)15-11-24)41(28)31(42)40-19-17-39(18-20-40)16-7-21-48(4,43)44/h8-15,22H,6-7,16-21H2,1-5H3/t32-,33-/m0/s1. The molecule has 2 aliphatic heterocycles. The van der Waals surface area contributed by atoms with Gasteiger partial charge in [-0.3, -0.25) is 14.8 Å². The second-order valence-electron chi connectivity index (χ2n) is 12.6. The summed E-state index contributed by atoms with van der Waals surface area (Å²) >= 11 is 12.7. The lowest BCUT2D eigenvalue weighted by Crippen LogP contribution is -2.60. The number of amides is 2. The van der Waals surface area contributed by atoms with Crippen LogP contribution >= 0.6 is 23.2 Å². The van der Waals surface area contributed by atoms with E-state index in [1.165, 1.54) is 12.5 Å². The Bertz CT molecular complexity index is 1950. The van der Waals surface area contributed by atoms with Crippen molar-refractivity contribution in [2.45, 2.75) is 43.4 Å². The van der Waals surface area contributed by atoms with Crippen molar-refractivity contribution >= 4 is 54.7 Å². The second-order valence-corrected chi connectivity index (χ2v) is 17.6. The number of carbonyl (C=O) groups is 1. The fraction of sp³-hybridized carbons (Fsp3) is 0.455. The number of aliphatic imine (C=N–C) groups is 1. The highest BCUT2D eigenvalue weighted by atomic mass is 35.5. The Hall–Kier alpha value is -3.30. The van der Waals surface area contributed by atoms with Crippen molar-refractivity contribution in [3.8, 4) is 5.88 Å². The van der Waals surface area contributed by atoms with Crippen molar-refractivity contribution in [1.82, 2.24) is 24.7 Å². The Labute approximate surface area is 297 Å². The number of halogens is 2. The number of piperazine rings is 1. The Morgan fingerprint density at radius 1 is 0.898 bits per heavy atom. The van der Waals surface area contributed by atoms with Gasteiger partial charge in [0.1, 0.15) is 26.8 Å². The number of rotatable bonds is 10. The molecule has 5 rings (SSSR count). The van der Waals surface area contributed by atoms with Crippen molar-refractivity contribution in [1.29, 1.82) is 0 Å². The maximum absolute atomic E-state index is 15.0. The zero-order valence-electron chi connectivity index (χ0n) is 28.1. The van der Waals surface area contributed by atoms with Crippen LogP contribution < -0.4 is 4.74 Å². The summed E-state index contributed by atoms with van der Waals surface area (Å²) < 4.78 is 54.1. The normalized spacial score (nSPS) is 21.9. The lowest BCUT2D eigenvalue weighted by molar-refractivity contribution is 0.0868. The lowest BCUT2D eigenvalue weighted by Gasteiger charge is -2.47. The molecule has 2 atom stereocenters. The van der Waals surface area contributed by atoms with Gasteiger partial charge in [-0.25, -0.2) is 26.6 Å². The van der Waals surface area contributed by atoms with Crippen LogP contribution in [0.25, 0.3) is 0 Å². The van der Waals surface area contributed by atoms with Crippen LogP contribution in [0.3, 0.4) is 0 Å². The molecule has 1 saturated heterocycles. The number of benzene rings is 2. The van der Waals surface area contributed by atoms with Crippen LogP contribution in [-0.2, 0) is 30.8 Å². The highest BCUT2D eigenvalue weighted by Gasteiger charge is 2.60. The number of hydrogen-bond acceptors (Lipinski definition) is 10. The van der Waals surface area contributed by atoms with Gasteiger partial charge < -0.3 is 9.64 Å². The molecular formula is C33H40Cl2N6O6S2. The molecule has 0 N–H and O–H groups in total. The molecule has 264 valence electrons. The molecule has 0 bridgehead atoms. The van der Waals surface area contributed by atoms with Crippen molar-refractivity contribution in [2.24, 2.45) is 4.99 Å². The molecule has 0 unspecified atom stereocenters. The molecule has 2 aliphatic rings. The zero-order valence-corrected chi connectivity index (χ0v) is 31.2. The highest BCUT2D eigenvalue weighted by Crippen LogP contribution is 2.54. The number of nitrogens with zero attached hydrogens (tertiary/aromatic N) is 6. The summed E-state index contributed by atoms with van der Waals surface area (Å²) in [7, 11) is -6.86. The van der Waals surface area contributed by atoms with Gasteiger partial charge in [0.25, 0.3) is 0 Å². The van der Waals surface area contributed by atoms with Crippen LogP contribution in [0, 0.1) is 0 Å². The summed E-state index contributed by atoms with van der Waals surface area (Å²) in [6, 6.07) is 14.2. The first-order valence-corrected chi connectivity index (χ1v) is 20.5. The second kappa shape index (κ2) is 14.1. The van der Waals surface area contributed by atoms with Crippen LogP contribution in [0.2, 0.25) is 10.0 Å². The van der Waals surface area contributed by atoms with Gasteiger partial charge in [0.05, 0.1) is 17.9 Å². The predicted molar refractivity (Wildman–Crippen MR) is 190 cm³/mol. The van der Waals surface area contributed by atoms with Crippen molar-refractivity contribution in [3.05, 3.63) is 81.5 Å².